The summed E-state index contributed by atoms with van der Waals surface area (Å²) in [6.07, 6.45) is 4.64. The van der Waals surface area contributed by atoms with Crippen molar-refractivity contribution in [1.29, 1.82) is 0 Å². The molecule has 6 nitrogen and oxygen atoms in total. The standard InChI is InChI=1S/C19H22N4O2/c1-22(18(24)9-7-15-10-12-21-23(15)2)13-14-6-8-17(25-3)19-16(14)5-4-11-20-19/h4-6,8,10-12H,7,9,13H2,1-3H3. The first-order valence-corrected chi connectivity index (χ1v) is 8.21. The van der Waals surface area contributed by atoms with Gasteiger partial charge >= 0.3 is 0 Å². The second kappa shape index (κ2) is 7.34. The van der Waals surface area contributed by atoms with Gasteiger partial charge in [-0.3, -0.25) is 14.5 Å². The molecule has 0 unspecified atom stereocenters. The van der Waals surface area contributed by atoms with Crippen LogP contribution >= 0.6 is 0 Å². The Kier molecular flexibility index (Phi) is 4.97. The van der Waals surface area contributed by atoms with Crippen LogP contribution in [0.1, 0.15) is 17.7 Å². The number of hydrogen-bond acceptors (Lipinski definition) is 4. The van der Waals surface area contributed by atoms with Crippen LogP contribution in [-0.2, 0) is 24.8 Å². The number of ether oxygens (including phenoxy) is 1. The average Bonchev–Trinajstić information content (AvgIpc) is 3.04. The molecule has 2 heterocycles. The molecular formula is C19H22N4O2. The Hall–Kier alpha value is -2.89. The normalized spacial score (nSPS) is 10.8. The minimum atomic E-state index is 0.106. The van der Waals surface area contributed by atoms with Gasteiger partial charge in [-0.15, -0.1) is 0 Å². The highest BCUT2D eigenvalue weighted by atomic mass is 16.5. The summed E-state index contributed by atoms with van der Waals surface area (Å²) in [6, 6.07) is 9.74. The second-order valence-electron chi connectivity index (χ2n) is 6.02. The fraction of sp³-hybridized carbons (Fsp3) is 0.316. The molecule has 0 saturated carbocycles. The third-order valence-corrected chi connectivity index (χ3v) is 4.39. The summed E-state index contributed by atoms with van der Waals surface area (Å²) in [5, 5.41) is 5.14. The molecular weight excluding hydrogens is 316 g/mol. The third-order valence-electron chi connectivity index (χ3n) is 4.39. The van der Waals surface area contributed by atoms with E-state index in [0.717, 1.165) is 27.9 Å². The quantitative estimate of drug-likeness (QED) is 0.693. The van der Waals surface area contributed by atoms with Gasteiger partial charge in [0.1, 0.15) is 11.3 Å². The van der Waals surface area contributed by atoms with Crippen molar-refractivity contribution in [2.24, 2.45) is 7.05 Å². The molecule has 0 aliphatic rings. The molecule has 3 rings (SSSR count). The number of pyridine rings is 1. The summed E-state index contributed by atoms with van der Waals surface area (Å²) in [7, 11) is 5.36. The van der Waals surface area contributed by atoms with E-state index < -0.39 is 0 Å². The number of nitrogens with zero attached hydrogens (tertiary/aromatic N) is 4. The van der Waals surface area contributed by atoms with Crippen molar-refractivity contribution in [3.05, 3.63) is 54.0 Å². The highest BCUT2D eigenvalue weighted by Gasteiger charge is 2.14. The molecule has 0 radical (unpaired) electrons. The molecule has 2 aromatic heterocycles. The van der Waals surface area contributed by atoms with E-state index in [0.29, 0.717) is 19.4 Å². The smallest absolute Gasteiger partial charge is 0.223 e. The largest absolute Gasteiger partial charge is 0.494 e. The molecule has 3 aromatic rings. The van der Waals surface area contributed by atoms with Gasteiger partial charge < -0.3 is 9.64 Å². The maximum absolute atomic E-state index is 12.5. The number of methoxy groups -OCH3 is 1. The highest BCUT2D eigenvalue weighted by molar-refractivity contribution is 5.88. The maximum atomic E-state index is 12.5. The molecule has 6 heteroatoms. The number of aryl methyl sites for hydroxylation is 2. The first-order valence-electron chi connectivity index (χ1n) is 8.21. The lowest BCUT2D eigenvalue weighted by Crippen LogP contribution is -2.26. The molecule has 0 spiro atoms. The number of amides is 1. The summed E-state index contributed by atoms with van der Waals surface area (Å²) < 4.78 is 7.18. The van der Waals surface area contributed by atoms with Crippen molar-refractivity contribution in [2.75, 3.05) is 14.2 Å². The van der Waals surface area contributed by atoms with Crippen LogP contribution in [0.2, 0.25) is 0 Å². The van der Waals surface area contributed by atoms with Crippen LogP contribution in [0.5, 0.6) is 5.75 Å². The Bertz CT molecular complexity index is 888. The van der Waals surface area contributed by atoms with Crippen LogP contribution in [0.4, 0.5) is 0 Å². The van der Waals surface area contributed by atoms with Gasteiger partial charge in [0.15, 0.2) is 0 Å². The third kappa shape index (κ3) is 3.63. The summed E-state index contributed by atoms with van der Waals surface area (Å²) in [5.74, 6) is 0.846. The zero-order valence-corrected chi connectivity index (χ0v) is 14.8. The number of carbonyl (C=O) groups excluding carboxylic acids is 1. The average molecular weight is 338 g/mol. The van der Waals surface area contributed by atoms with Gasteiger partial charge in [-0.25, -0.2) is 0 Å². The molecule has 0 bridgehead atoms. The molecule has 0 aliphatic heterocycles. The van der Waals surface area contributed by atoms with Crippen LogP contribution in [-0.4, -0.2) is 39.7 Å². The molecule has 0 saturated heterocycles. The van der Waals surface area contributed by atoms with Crippen molar-refractivity contribution < 1.29 is 9.53 Å². The van der Waals surface area contributed by atoms with Gasteiger partial charge in [-0.2, -0.15) is 5.10 Å². The predicted octanol–water partition coefficient (Wildman–Crippen LogP) is 2.57. The molecule has 0 N–H and O–H groups in total. The monoisotopic (exact) mass is 338 g/mol. The first kappa shape index (κ1) is 17.0. The number of hydrogen-bond donors (Lipinski definition) is 0. The van der Waals surface area contributed by atoms with E-state index in [4.69, 9.17) is 4.74 Å². The Labute approximate surface area is 147 Å². The van der Waals surface area contributed by atoms with Crippen LogP contribution in [0.3, 0.4) is 0 Å². The lowest BCUT2D eigenvalue weighted by Gasteiger charge is -2.19. The van der Waals surface area contributed by atoms with E-state index in [9.17, 15) is 4.79 Å². The molecule has 1 aromatic carbocycles. The Balaban J connectivity index is 1.72. The van der Waals surface area contributed by atoms with Gasteiger partial charge in [0.2, 0.25) is 5.91 Å². The van der Waals surface area contributed by atoms with Crippen molar-refractivity contribution in [1.82, 2.24) is 19.7 Å². The first-order chi connectivity index (χ1) is 12.1. The molecule has 0 atom stereocenters. The number of fused-ring (bicyclic) bond motifs is 1. The van der Waals surface area contributed by atoms with Gasteiger partial charge in [-0.05, 0) is 30.2 Å². The lowest BCUT2D eigenvalue weighted by atomic mass is 10.1. The van der Waals surface area contributed by atoms with Gasteiger partial charge in [-0.1, -0.05) is 12.1 Å². The number of rotatable bonds is 6. The van der Waals surface area contributed by atoms with Crippen LogP contribution < -0.4 is 4.74 Å². The van der Waals surface area contributed by atoms with Crippen LogP contribution in [0.25, 0.3) is 10.9 Å². The molecule has 25 heavy (non-hydrogen) atoms. The van der Waals surface area contributed by atoms with E-state index in [1.54, 1.807) is 29.1 Å². The van der Waals surface area contributed by atoms with Crippen molar-refractivity contribution >= 4 is 16.8 Å². The SMILES string of the molecule is COc1ccc(CN(C)C(=O)CCc2ccnn2C)c2cccnc12. The Morgan fingerprint density at radius 2 is 2.08 bits per heavy atom. The number of benzene rings is 1. The molecule has 0 aliphatic carbocycles. The van der Waals surface area contributed by atoms with Crippen molar-refractivity contribution in [3.8, 4) is 5.75 Å². The van der Waals surface area contributed by atoms with E-state index in [-0.39, 0.29) is 5.91 Å². The molecule has 1 amide bonds. The van der Waals surface area contributed by atoms with Crippen LogP contribution in [0.15, 0.2) is 42.7 Å². The van der Waals surface area contributed by atoms with E-state index >= 15 is 0 Å². The van der Waals surface area contributed by atoms with Gasteiger partial charge in [0, 0.05) is 50.5 Å². The number of aromatic nitrogens is 3. The van der Waals surface area contributed by atoms with Crippen molar-refractivity contribution in [3.63, 3.8) is 0 Å². The predicted molar refractivity (Wildman–Crippen MR) is 96.3 cm³/mol. The fourth-order valence-corrected chi connectivity index (χ4v) is 2.92. The maximum Gasteiger partial charge on any atom is 0.223 e. The highest BCUT2D eigenvalue weighted by Crippen LogP contribution is 2.27. The topological polar surface area (TPSA) is 60.2 Å². The van der Waals surface area contributed by atoms with Gasteiger partial charge in [0.25, 0.3) is 0 Å². The zero-order valence-electron chi connectivity index (χ0n) is 14.8. The molecule has 130 valence electrons. The minimum Gasteiger partial charge on any atom is -0.494 e. The van der Waals surface area contributed by atoms with Crippen LogP contribution in [0, 0.1) is 0 Å². The Morgan fingerprint density at radius 3 is 2.80 bits per heavy atom. The van der Waals surface area contributed by atoms with E-state index in [1.807, 2.05) is 44.4 Å². The Morgan fingerprint density at radius 1 is 1.24 bits per heavy atom. The molecule has 0 fully saturated rings. The second-order valence-corrected chi connectivity index (χ2v) is 6.02. The van der Waals surface area contributed by atoms with E-state index in [1.165, 1.54) is 0 Å². The van der Waals surface area contributed by atoms with E-state index in [2.05, 4.69) is 10.1 Å². The summed E-state index contributed by atoms with van der Waals surface area (Å²) in [4.78, 5) is 18.6. The number of carbonyl (C=O) groups is 1. The summed E-state index contributed by atoms with van der Waals surface area (Å²) >= 11 is 0. The minimum absolute atomic E-state index is 0.106. The van der Waals surface area contributed by atoms with Crippen molar-refractivity contribution in [2.45, 2.75) is 19.4 Å². The lowest BCUT2D eigenvalue weighted by molar-refractivity contribution is -0.130. The zero-order chi connectivity index (χ0) is 17.8. The fourth-order valence-electron chi connectivity index (χ4n) is 2.92. The van der Waals surface area contributed by atoms with Gasteiger partial charge in [0.05, 0.1) is 7.11 Å². The summed E-state index contributed by atoms with van der Waals surface area (Å²) in [5.41, 5.74) is 2.93. The summed E-state index contributed by atoms with van der Waals surface area (Å²) in [6.45, 7) is 0.538.